The number of benzene rings is 2. The third-order valence-electron chi connectivity index (χ3n) is 4.55. The Morgan fingerprint density at radius 2 is 1.92 bits per heavy atom. The van der Waals surface area contributed by atoms with Gasteiger partial charge in [-0.15, -0.1) is 0 Å². The van der Waals surface area contributed by atoms with Crippen molar-refractivity contribution in [1.29, 1.82) is 0 Å². The van der Waals surface area contributed by atoms with E-state index in [4.69, 9.17) is 0 Å². The number of aromatic nitrogens is 2. The van der Waals surface area contributed by atoms with Gasteiger partial charge in [-0.25, -0.2) is 4.79 Å². The highest BCUT2D eigenvalue weighted by Gasteiger charge is 2.29. The van der Waals surface area contributed by atoms with Crippen molar-refractivity contribution in [3.8, 4) is 0 Å². The van der Waals surface area contributed by atoms with Crippen molar-refractivity contribution in [2.24, 2.45) is 0 Å². The minimum absolute atomic E-state index is 0.192. The molecule has 0 radical (unpaired) electrons. The lowest BCUT2D eigenvalue weighted by molar-refractivity contribution is 0.227. The fourth-order valence-corrected chi connectivity index (χ4v) is 3.30. The van der Waals surface area contributed by atoms with Crippen molar-refractivity contribution in [2.75, 3.05) is 28.6 Å². The number of para-hydroxylation sites is 3. The number of rotatable bonds is 1. The highest BCUT2D eigenvalue weighted by Crippen LogP contribution is 2.37. The highest BCUT2D eigenvalue weighted by atomic mass is 16.2. The summed E-state index contributed by atoms with van der Waals surface area (Å²) in [4.78, 5) is 16.5. The number of amides is 2. The Balaban J connectivity index is 1.38. The molecule has 25 heavy (non-hydrogen) atoms. The number of carbonyl (C=O) groups excluding carboxylic acids is 1. The van der Waals surface area contributed by atoms with E-state index in [-0.39, 0.29) is 6.03 Å². The zero-order valence-corrected chi connectivity index (χ0v) is 13.4. The maximum Gasteiger partial charge on any atom is 0.327 e. The molecule has 124 valence electrons. The lowest BCUT2D eigenvalue weighted by Crippen LogP contribution is -2.42. The number of urea groups is 1. The first-order chi connectivity index (χ1) is 12.3. The number of anilines is 3. The van der Waals surface area contributed by atoms with Gasteiger partial charge in [0.2, 0.25) is 0 Å². The summed E-state index contributed by atoms with van der Waals surface area (Å²) in [5.74, 6) is 1.46. The van der Waals surface area contributed by atoms with Crippen LogP contribution in [0.1, 0.15) is 0 Å². The average molecular weight is 332 g/mol. The lowest BCUT2D eigenvalue weighted by Gasteiger charge is -2.30. The molecule has 2 aromatic carbocycles. The van der Waals surface area contributed by atoms with E-state index in [1.165, 1.54) is 0 Å². The van der Waals surface area contributed by atoms with Gasteiger partial charge < -0.3 is 10.2 Å². The fraction of sp³-hybridized carbons (Fsp3) is 0.111. The summed E-state index contributed by atoms with van der Waals surface area (Å²) >= 11 is 0. The molecule has 3 aromatic rings. The van der Waals surface area contributed by atoms with Crippen LogP contribution in [-0.2, 0) is 0 Å². The molecule has 0 saturated carbocycles. The normalized spacial score (nSPS) is 15.4. The highest BCUT2D eigenvalue weighted by molar-refractivity contribution is 5.99. The van der Waals surface area contributed by atoms with Crippen molar-refractivity contribution in [3.63, 3.8) is 0 Å². The zero-order chi connectivity index (χ0) is 16.8. The molecule has 0 spiro atoms. The number of nitrogens with one attached hydrogen (secondary N) is 3. The molecule has 2 amide bonds. The van der Waals surface area contributed by atoms with Gasteiger partial charge >= 0.3 is 6.03 Å². The van der Waals surface area contributed by atoms with E-state index in [9.17, 15) is 4.79 Å². The number of aromatic amines is 1. The summed E-state index contributed by atoms with van der Waals surface area (Å²) in [6.07, 6.45) is 1.84. The van der Waals surface area contributed by atoms with Crippen LogP contribution in [0.2, 0.25) is 0 Å². The number of hydrogen-bond acceptors (Lipinski definition) is 4. The van der Waals surface area contributed by atoms with Crippen molar-refractivity contribution in [2.45, 2.75) is 0 Å². The molecule has 0 fully saturated rings. The van der Waals surface area contributed by atoms with Gasteiger partial charge in [0.05, 0.1) is 16.9 Å². The standard InChI is InChI=1S/C18H16N6O/c25-18(20-17-12-5-1-2-6-13(12)21-22-17)23-9-10-24-15-8-4-3-7-14(15)19-16(24)11-23/h1-8,11,19H,9-10H2,(H2,20,21,22,25). The first kappa shape index (κ1) is 13.9. The molecule has 5 rings (SSSR count). The van der Waals surface area contributed by atoms with E-state index in [1.54, 1.807) is 4.90 Å². The van der Waals surface area contributed by atoms with Gasteiger partial charge in [-0.2, -0.15) is 5.10 Å². The molecule has 0 bridgehead atoms. The largest absolute Gasteiger partial charge is 0.339 e. The van der Waals surface area contributed by atoms with Crippen molar-refractivity contribution in [3.05, 3.63) is 60.6 Å². The number of carbonyl (C=O) groups is 1. The molecule has 3 heterocycles. The monoisotopic (exact) mass is 332 g/mol. The van der Waals surface area contributed by atoms with Crippen molar-refractivity contribution < 1.29 is 4.79 Å². The number of H-pyrrole nitrogens is 1. The van der Waals surface area contributed by atoms with Crippen LogP contribution in [-0.4, -0.2) is 34.2 Å². The second kappa shape index (κ2) is 5.27. The van der Waals surface area contributed by atoms with E-state index < -0.39 is 0 Å². The molecule has 7 heteroatoms. The van der Waals surface area contributed by atoms with Crippen LogP contribution in [0.5, 0.6) is 0 Å². The summed E-state index contributed by atoms with van der Waals surface area (Å²) < 4.78 is 0. The van der Waals surface area contributed by atoms with Gasteiger partial charge in [-0.3, -0.25) is 15.3 Å². The van der Waals surface area contributed by atoms with E-state index in [2.05, 4.69) is 31.8 Å². The van der Waals surface area contributed by atoms with Crippen LogP contribution in [0.3, 0.4) is 0 Å². The van der Waals surface area contributed by atoms with Gasteiger partial charge in [-0.05, 0) is 24.3 Å². The van der Waals surface area contributed by atoms with Gasteiger partial charge in [-0.1, -0.05) is 24.3 Å². The molecule has 0 saturated heterocycles. The fourth-order valence-electron chi connectivity index (χ4n) is 3.30. The lowest BCUT2D eigenvalue weighted by atomic mass is 10.2. The average Bonchev–Trinajstić information content (AvgIpc) is 3.22. The molecular formula is C18H16N6O. The minimum atomic E-state index is -0.192. The SMILES string of the molecule is O=C(Nc1n[nH]c2ccccc12)N1C=C2Nc3ccccc3N2CC1. The maximum absolute atomic E-state index is 12.6. The number of hydrogen-bond donors (Lipinski definition) is 3. The Kier molecular flexibility index (Phi) is 2.93. The smallest absolute Gasteiger partial charge is 0.327 e. The Morgan fingerprint density at radius 1 is 1.08 bits per heavy atom. The molecule has 2 aliphatic rings. The van der Waals surface area contributed by atoms with Crippen LogP contribution < -0.4 is 15.5 Å². The quantitative estimate of drug-likeness (QED) is 0.640. The predicted molar refractivity (Wildman–Crippen MR) is 97.3 cm³/mol. The molecular weight excluding hydrogens is 316 g/mol. The van der Waals surface area contributed by atoms with Crippen LogP contribution in [0, 0.1) is 0 Å². The van der Waals surface area contributed by atoms with Gasteiger partial charge in [0, 0.05) is 24.7 Å². The molecule has 0 unspecified atom stereocenters. The summed E-state index contributed by atoms with van der Waals surface area (Å²) in [6, 6.07) is 15.7. The maximum atomic E-state index is 12.6. The third kappa shape index (κ3) is 2.20. The second-order valence-corrected chi connectivity index (χ2v) is 6.05. The van der Waals surface area contributed by atoms with E-state index in [1.807, 2.05) is 48.7 Å². The van der Waals surface area contributed by atoms with E-state index in [0.29, 0.717) is 12.4 Å². The Morgan fingerprint density at radius 3 is 2.88 bits per heavy atom. The summed E-state index contributed by atoms with van der Waals surface area (Å²) in [5.41, 5.74) is 3.11. The molecule has 0 atom stereocenters. The number of fused-ring (bicyclic) bond motifs is 4. The predicted octanol–water partition coefficient (Wildman–Crippen LogP) is 3.14. The molecule has 7 nitrogen and oxygen atoms in total. The molecule has 1 aromatic heterocycles. The third-order valence-corrected chi connectivity index (χ3v) is 4.55. The van der Waals surface area contributed by atoms with Crippen LogP contribution in [0.4, 0.5) is 22.0 Å². The first-order valence-corrected chi connectivity index (χ1v) is 8.16. The zero-order valence-electron chi connectivity index (χ0n) is 13.4. The minimum Gasteiger partial charge on any atom is -0.339 e. The van der Waals surface area contributed by atoms with Gasteiger partial charge in [0.25, 0.3) is 0 Å². The summed E-state index contributed by atoms with van der Waals surface area (Å²) in [6.45, 7) is 1.35. The molecule has 3 N–H and O–H groups in total. The number of nitrogens with zero attached hydrogens (tertiary/aromatic N) is 3. The molecule has 0 aliphatic carbocycles. The second-order valence-electron chi connectivity index (χ2n) is 6.05. The van der Waals surface area contributed by atoms with Gasteiger partial charge in [0.15, 0.2) is 5.82 Å². The van der Waals surface area contributed by atoms with Crippen molar-refractivity contribution in [1.82, 2.24) is 15.1 Å². The topological polar surface area (TPSA) is 76.3 Å². The van der Waals surface area contributed by atoms with Crippen LogP contribution >= 0.6 is 0 Å². The van der Waals surface area contributed by atoms with Crippen LogP contribution in [0.25, 0.3) is 10.9 Å². The van der Waals surface area contributed by atoms with E-state index >= 15 is 0 Å². The Labute approximate surface area is 143 Å². The molecule has 2 aliphatic heterocycles. The first-order valence-electron chi connectivity index (χ1n) is 8.16. The van der Waals surface area contributed by atoms with Gasteiger partial charge in [0.1, 0.15) is 5.82 Å². The van der Waals surface area contributed by atoms with Crippen LogP contribution in [0.15, 0.2) is 60.6 Å². The summed E-state index contributed by atoms with van der Waals surface area (Å²) in [7, 11) is 0. The Hall–Kier alpha value is -3.48. The van der Waals surface area contributed by atoms with Crippen molar-refractivity contribution >= 4 is 34.1 Å². The Bertz CT molecular complexity index is 1010. The van der Waals surface area contributed by atoms with E-state index in [0.717, 1.165) is 34.6 Å². The summed E-state index contributed by atoms with van der Waals surface area (Å²) in [5, 5.41) is 14.3.